The molecule has 0 amide bonds. The van der Waals surface area contributed by atoms with Crippen LogP contribution in [0.25, 0.3) is 0 Å². The van der Waals surface area contributed by atoms with E-state index in [4.69, 9.17) is 33.5 Å². The predicted octanol–water partition coefficient (Wildman–Crippen LogP) is 1.26. The summed E-state index contributed by atoms with van der Waals surface area (Å²) in [7, 11) is 0. The average Bonchev–Trinajstić information content (AvgIpc) is 3.32. The molecule has 2 N–H and O–H groups in total. The molecule has 27 heavy (non-hydrogen) atoms. The third-order valence-electron chi connectivity index (χ3n) is 3.62. The van der Waals surface area contributed by atoms with Gasteiger partial charge in [-0.3, -0.25) is 0 Å². The number of hydrogen-bond acceptors (Lipinski definition) is 9. The first-order valence-electron chi connectivity index (χ1n) is 9.15. The van der Waals surface area contributed by atoms with Crippen LogP contribution in [-0.4, -0.2) is 60.2 Å². The summed E-state index contributed by atoms with van der Waals surface area (Å²) in [5.41, 5.74) is 1.47. The fraction of sp³-hybridized carbons (Fsp3) is 0.667. The lowest BCUT2D eigenvalue weighted by molar-refractivity contribution is 0.00533. The Morgan fingerprint density at radius 2 is 1.15 bits per heavy atom. The van der Waals surface area contributed by atoms with Crippen molar-refractivity contribution in [3.63, 3.8) is 0 Å². The van der Waals surface area contributed by atoms with E-state index in [9.17, 15) is 0 Å². The first kappa shape index (κ1) is 21.5. The van der Waals surface area contributed by atoms with Crippen LogP contribution < -0.4 is 0 Å². The molecule has 2 aromatic rings. The second-order valence-corrected chi connectivity index (χ2v) is 5.94. The summed E-state index contributed by atoms with van der Waals surface area (Å²) in [6.07, 6.45) is 2.66. The summed E-state index contributed by atoms with van der Waals surface area (Å²) in [5, 5.41) is 25.4. The Bertz CT molecular complexity index is 562. The molecule has 0 aliphatic carbocycles. The van der Waals surface area contributed by atoms with Gasteiger partial charge in [-0.15, -0.1) is 0 Å². The quantitative estimate of drug-likeness (QED) is 0.412. The van der Waals surface area contributed by atoms with Gasteiger partial charge in [0.2, 0.25) is 0 Å². The molecular formula is C18H28N2O7. The van der Waals surface area contributed by atoms with Crippen LogP contribution in [0.3, 0.4) is 0 Å². The highest BCUT2D eigenvalue weighted by molar-refractivity contribution is 5.05. The highest BCUT2D eigenvalue weighted by Crippen LogP contribution is 2.08. The number of aliphatic hydroxyl groups excluding tert-OH is 2. The van der Waals surface area contributed by atoms with Crippen molar-refractivity contribution in [1.82, 2.24) is 10.3 Å². The van der Waals surface area contributed by atoms with Gasteiger partial charge in [0.15, 0.2) is 0 Å². The van der Waals surface area contributed by atoms with Gasteiger partial charge in [-0.1, -0.05) is 10.3 Å². The van der Waals surface area contributed by atoms with Crippen LogP contribution >= 0.6 is 0 Å². The van der Waals surface area contributed by atoms with E-state index < -0.39 is 0 Å². The predicted molar refractivity (Wildman–Crippen MR) is 94.0 cm³/mol. The Labute approximate surface area is 158 Å². The lowest BCUT2D eigenvalue weighted by Gasteiger charge is -2.05. The minimum atomic E-state index is 0.137. The number of ether oxygens (including phenoxy) is 3. The average molecular weight is 384 g/mol. The van der Waals surface area contributed by atoms with E-state index in [1.165, 1.54) is 0 Å². The van der Waals surface area contributed by atoms with Crippen LogP contribution in [0.4, 0.5) is 0 Å². The van der Waals surface area contributed by atoms with Crippen LogP contribution in [0.15, 0.2) is 21.2 Å². The zero-order valence-corrected chi connectivity index (χ0v) is 15.5. The Morgan fingerprint density at radius 1 is 0.704 bits per heavy atom. The number of nitrogens with zero attached hydrogens (tertiary/aromatic N) is 2. The van der Waals surface area contributed by atoms with E-state index in [0.717, 1.165) is 22.9 Å². The Balaban J connectivity index is 1.42. The van der Waals surface area contributed by atoms with Crippen molar-refractivity contribution < 1.29 is 33.5 Å². The van der Waals surface area contributed by atoms with Crippen molar-refractivity contribution in [3.8, 4) is 0 Å². The second kappa shape index (κ2) is 13.4. The van der Waals surface area contributed by atoms with Crippen molar-refractivity contribution >= 4 is 0 Å². The molecule has 0 aliphatic heterocycles. The van der Waals surface area contributed by atoms with E-state index in [1.54, 1.807) is 0 Å². The number of rotatable bonds is 16. The lowest BCUT2D eigenvalue weighted by Crippen LogP contribution is -2.09. The molecule has 0 unspecified atom stereocenters. The maximum absolute atomic E-state index is 8.78. The van der Waals surface area contributed by atoms with Gasteiger partial charge in [0.1, 0.15) is 22.9 Å². The molecule has 0 bridgehead atoms. The zero-order valence-electron chi connectivity index (χ0n) is 15.5. The van der Waals surface area contributed by atoms with E-state index in [1.807, 2.05) is 12.1 Å². The van der Waals surface area contributed by atoms with Gasteiger partial charge in [0.25, 0.3) is 0 Å². The van der Waals surface area contributed by atoms with Crippen molar-refractivity contribution in [3.05, 3.63) is 35.0 Å². The third kappa shape index (κ3) is 9.12. The SMILES string of the molecule is OCCCc1cc(COCCOCCOCc2cc(CCCO)on2)no1. The Kier molecular flexibility index (Phi) is 10.7. The summed E-state index contributed by atoms with van der Waals surface area (Å²) in [6.45, 7) is 2.85. The fourth-order valence-corrected chi connectivity index (χ4v) is 2.28. The lowest BCUT2D eigenvalue weighted by atomic mass is 10.2. The smallest absolute Gasteiger partial charge is 0.137 e. The van der Waals surface area contributed by atoms with Gasteiger partial charge in [0.05, 0.1) is 39.6 Å². The molecule has 2 rings (SSSR count). The van der Waals surface area contributed by atoms with Crippen LogP contribution in [0, 0.1) is 0 Å². The molecule has 0 fully saturated rings. The van der Waals surface area contributed by atoms with Gasteiger partial charge in [-0.2, -0.15) is 0 Å². The molecule has 0 radical (unpaired) electrons. The Morgan fingerprint density at radius 3 is 1.59 bits per heavy atom. The fourth-order valence-electron chi connectivity index (χ4n) is 2.28. The monoisotopic (exact) mass is 384 g/mol. The Hall–Kier alpha value is -1.78. The number of aromatic nitrogens is 2. The molecule has 0 aromatic carbocycles. The van der Waals surface area contributed by atoms with Gasteiger partial charge in [-0.25, -0.2) is 0 Å². The minimum Gasteiger partial charge on any atom is -0.396 e. The molecule has 2 heterocycles. The largest absolute Gasteiger partial charge is 0.396 e. The van der Waals surface area contributed by atoms with E-state index in [2.05, 4.69) is 10.3 Å². The van der Waals surface area contributed by atoms with Gasteiger partial charge >= 0.3 is 0 Å². The molecule has 0 spiro atoms. The normalized spacial score (nSPS) is 11.3. The summed E-state index contributed by atoms with van der Waals surface area (Å²) in [6, 6.07) is 3.67. The highest BCUT2D eigenvalue weighted by atomic mass is 16.5. The van der Waals surface area contributed by atoms with Crippen LogP contribution in [0.1, 0.15) is 35.7 Å². The van der Waals surface area contributed by atoms with Gasteiger partial charge in [-0.05, 0) is 12.8 Å². The molecule has 2 aromatic heterocycles. The number of aliphatic hydroxyl groups is 2. The van der Waals surface area contributed by atoms with Crippen LogP contribution in [0.5, 0.6) is 0 Å². The first-order chi connectivity index (χ1) is 13.3. The molecule has 0 saturated carbocycles. The third-order valence-corrected chi connectivity index (χ3v) is 3.62. The maximum Gasteiger partial charge on any atom is 0.137 e. The molecule has 9 nitrogen and oxygen atoms in total. The second-order valence-electron chi connectivity index (χ2n) is 5.94. The maximum atomic E-state index is 8.78. The zero-order chi connectivity index (χ0) is 19.2. The van der Waals surface area contributed by atoms with E-state index in [-0.39, 0.29) is 13.2 Å². The molecule has 9 heteroatoms. The minimum absolute atomic E-state index is 0.137. The van der Waals surface area contributed by atoms with E-state index >= 15 is 0 Å². The van der Waals surface area contributed by atoms with Crippen molar-refractivity contribution in [2.24, 2.45) is 0 Å². The molecule has 0 saturated heterocycles. The summed E-state index contributed by atoms with van der Waals surface area (Å²) in [5.74, 6) is 1.51. The highest BCUT2D eigenvalue weighted by Gasteiger charge is 2.05. The molecule has 152 valence electrons. The topological polar surface area (TPSA) is 120 Å². The van der Waals surface area contributed by atoms with Crippen molar-refractivity contribution in [2.45, 2.75) is 38.9 Å². The molecular weight excluding hydrogens is 356 g/mol. The summed E-state index contributed by atoms with van der Waals surface area (Å²) < 4.78 is 26.6. The van der Waals surface area contributed by atoms with Crippen molar-refractivity contribution in [2.75, 3.05) is 39.6 Å². The summed E-state index contributed by atoms with van der Waals surface area (Å²) >= 11 is 0. The molecule has 0 aliphatic rings. The van der Waals surface area contributed by atoms with Crippen LogP contribution in [-0.2, 0) is 40.3 Å². The summed E-state index contributed by atoms with van der Waals surface area (Å²) in [4.78, 5) is 0. The van der Waals surface area contributed by atoms with E-state index in [0.29, 0.717) is 65.3 Å². The van der Waals surface area contributed by atoms with Gasteiger partial charge < -0.3 is 33.5 Å². The first-order valence-corrected chi connectivity index (χ1v) is 9.15. The number of hydrogen-bond donors (Lipinski definition) is 2. The molecule has 0 atom stereocenters. The standard InChI is InChI=1S/C18H28N2O7/c21-5-1-3-17-11-15(19-26-17)13-24-9-7-23-8-10-25-14-16-12-18(27-20-16)4-2-6-22/h11-12,21-22H,1-10,13-14H2. The van der Waals surface area contributed by atoms with Crippen molar-refractivity contribution in [1.29, 1.82) is 0 Å². The van der Waals surface area contributed by atoms with Crippen LogP contribution in [0.2, 0.25) is 0 Å². The van der Waals surface area contributed by atoms with Gasteiger partial charge in [0, 0.05) is 38.2 Å². The number of aryl methyl sites for hydroxylation is 2.